The summed E-state index contributed by atoms with van der Waals surface area (Å²) in [6, 6.07) is 5.29. The molecule has 1 aromatic carbocycles. The maximum absolute atomic E-state index is 12.3. The molecule has 3 rings (SSSR count). The summed E-state index contributed by atoms with van der Waals surface area (Å²) in [7, 11) is 3.15. The molecule has 0 atom stereocenters. The highest BCUT2D eigenvalue weighted by atomic mass is 32.2. The lowest BCUT2D eigenvalue weighted by atomic mass is 10.2. The van der Waals surface area contributed by atoms with Gasteiger partial charge in [-0.25, -0.2) is 0 Å². The fourth-order valence-electron chi connectivity index (χ4n) is 2.78. The van der Waals surface area contributed by atoms with E-state index in [0.29, 0.717) is 17.2 Å². The van der Waals surface area contributed by atoms with Crippen molar-refractivity contribution in [2.24, 2.45) is 0 Å². The Kier molecular flexibility index (Phi) is 5.80. The minimum atomic E-state index is -0.112. The molecule has 1 amide bonds. The van der Waals surface area contributed by atoms with E-state index in [9.17, 15) is 4.79 Å². The number of aromatic nitrogens is 3. The molecule has 2 aromatic rings. The number of hydrogen-bond acceptors (Lipinski definition) is 6. The second-order valence-electron chi connectivity index (χ2n) is 5.76. The number of amides is 1. The summed E-state index contributed by atoms with van der Waals surface area (Å²) in [5, 5.41) is 12.2. The normalized spacial score (nSPS) is 13.7. The van der Waals surface area contributed by atoms with Gasteiger partial charge in [-0.3, -0.25) is 4.79 Å². The van der Waals surface area contributed by atoms with Gasteiger partial charge >= 0.3 is 0 Å². The van der Waals surface area contributed by atoms with Crippen LogP contribution in [0, 0.1) is 0 Å². The first-order chi connectivity index (χ1) is 12.2. The highest BCUT2D eigenvalue weighted by molar-refractivity contribution is 7.99. The number of aryl methyl sites for hydroxylation is 1. The summed E-state index contributed by atoms with van der Waals surface area (Å²) in [6.07, 6.45) is 4.46. The average molecular weight is 362 g/mol. The Morgan fingerprint density at radius 1 is 1.24 bits per heavy atom. The molecule has 0 saturated heterocycles. The topological polar surface area (TPSA) is 78.3 Å². The first-order valence-electron chi connectivity index (χ1n) is 8.28. The van der Waals surface area contributed by atoms with Crippen molar-refractivity contribution < 1.29 is 14.3 Å². The van der Waals surface area contributed by atoms with Gasteiger partial charge in [0.25, 0.3) is 0 Å². The predicted molar refractivity (Wildman–Crippen MR) is 96.5 cm³/mol. The number of nitrogens with zero attached hydrogens (tertiary/aromatic N) is 3. The van der Waals surface area contributed by atoms with Crippen molar-refractivity contribution in [3.8, 4) is 11.5 Å². The molecule has 0 fully saturated rings. The molecule has 0 aliphatic carbocycles. The zero-order chi connectivity index (χ0) is 17.6. The first-order valence-corrected chi connectivity index (χ1v) is 9.26. The number of methoxy groups -OCH3 is 2. The molecule has 0 bridgehead atoms. The van der Waals surface area contributed by atoms with Crippen molar-refractivity contribution in [2.75, 3.05) is 25.3 Å². The largest absolute Gasteiger partial charge is 0.497 e. The summed E-state index contributed by atoms with van der Waals surface area (Å²) in [4.78, 5) is 12.3. The van der Waals surface area contributed by atoms with Crippen LogP contribution in [-0.2, 0) is 17.8 Å². The third-order valence-electron chi connectivity index (χ3n) is 4.09. The van der Waals surface area contributed by atoms with E-state index in [-0.39, 0.29) is 11.7 Å². The van der Waals surface area contributed by atoms with Crippen LogP contribution in [0.15, 0.2) is 23.4 Å². The van der Waals surface area contributed by atoms with Crippen molar-refractivity contribution in [3.63, 3.8) is 0 Å². The molecule has 7 nitrogen and oxygen atoms in total. The van der Waals surface area contributed by atoms with Crippen LogP contribution in [0.5, 0.6) is 11.5 Å². The number of hydrogen-bond donors (Lipinski definition) is 1. The molecule has 2 heterocycles. The smallest absolute Gasteiger partial charge is 0.234 e. The second-order valence-corrected chi connectivity index (χ2v) is 6.71. The fourth-order valence-corrected chi connectivity index (χ4v) is 3.57. The van der Waals surface area contributed by atoms with Gasteiger partial charge in [0.2, 0.25) is 5.91 Å². The highest BCUT2D eigenvalue weighted by Crippen LogP contribution is 2.29. The van der Waals surface area contributed by atoms with E-state index in [1.165, 1.54) is 18.2 Å². The van der Waals surface area contributed by atoms with E-state index in [0.717, 1.165) is 36.8 Å². The Balaban J connectivity index is 1.61. The van der Waals surface area contributed by atoms with Gasteiger partial charge in [0.1, 0.15) is 17.3 Å². The van der Waals surface area contributed by atoms with Crippen LogP contribution >= 0.6 is 11.8 Å². The summed E-state index contributed by atoms with van der Waals surface area (Å²) in [5.41, 5.74) is 0.619. The van der Waals surface area contributed by atoms with E-state index in [2.05, 4.69) is 20.1 Å². The predicted octanol–water partition coefficient (Wildman–Crippen LogP) is 2.75. The summed E-state index contributed by atoms with van der Waals surface area (Å²) in [6.45, 7) is 0.929. The first kappa shape index (κ1) is 17.6. The third-order valence-corrected chi connectivity index (χ3v) is 5.06. The average Bonchev–Trinajstić information content (AvgIpc) is 2.86. The number of nitrogens with one attached hydrogen (secondary N) is 1. The van der Waals surface area contributed by atoms with Gasteiger partial charge in [-0.1, -0.05) is 18.2 Å². The van der Waals surface area contributed by atoms with Gasteiger partial charge in [-0.2, -0.15) is 0 Å². The third kappa shape index (κ3) is 4.25. The molecule has 0 radical (unpaired) electrons. The standard InChI is InChI=1S/C17H22N4O3S/c1-23-12-7-8-13(14(10-12)24-2)18-16(22)11-25-17-20-19-15-6-4-3-5-9-21(15)17/h7-8,10H,3-6,9,11H2,1-2H3,(H,18,22). The Bertz CT molecular complexity index is 747. The minimum absolute atomic E-state index is 0.112. The molecule has 8 heteroatoms. The van der Waals surface area contributed by atoms with Crippen LogP contribution in [0.2, 0.25) is 0 Å². The Morgan fingerprint density at radius 2 is 2.12 bits per heavy atom. The molecule has 1 N–H and O–H groups in total. The molecular formula is C17H22N4O3S. The number of carbonyl (C=O) groups is 1. The van der Waals surface area contributed by atoms with E-state index in [4.69, 9.17) is 9.47 Å². The fraction of sp³-hybridized carbons (Fsp3) is 0.471. The highest BCUT2D eigenvalue weighted by Gasteiger charge is 2.16. The van der Waals surface area contributed by atoms with Crippen LogP contribution in [0.1, 0.15) is 25.1 Å². The molecular weight excluding hydrogens is 340 g/mol. The van der Waals surface area contributed by atoms with Crippen molar-refractivity contribution >= 4 is 23.4 Å². The molecule has 0 unspecified atom stereocenters. The van der Waals surface area contributed by atoms with E-state index < -0.39 is 0 Å². The molecule has 0 saturated carbocycles. The van der Waals surface area contributed by atoms with Crippen LogP contribution in [-0.4, -0.2) is 40.6 Å². The lowest BCUT2D eigenvalue weighted by molar-refractivity contribution is -0.113. The molecule has 134 valence electrons. The monoisotopic (exact) mass is 362 g/mol. The quantitative estimate of drug-likeness (QED) is 0.796. The molecule has 1 aromatic heterocycles. The number of anilines is 1. The zero-order valence-corrected chi connectivity index (χ0v) is 15.3. The van der Waals surface area contributed by atoms with Crippen LogP contribution in [0.25, 0.3) is 0 Å². The summed E-state index contributed by atoms with van der Waals surface area (Å²) in [5.74, 6) is 2.42. The van der Waals surface area contributed by atoms with E-state index in [1.54, 1.807) is 32.4 Å². The second kappa shape index (κ2) is 8.24. The SMILES string of the molecule is COc1ccc(NC(=O)CSc2nnc3n2CCCCC3)c(OC)c1. The Hall–Kier alpha value is -2.22. The Morgan fingerprint density at radius 3 is 2.92 bits per heavy atom. The molecule has 0 spiro atoms. The lowest BCUT2D eigenvalue weighted by Crippen LogP contribution is -2.15. The van der Waals surface area contributed by atoms with Gasteiger partial charge in [0, 0.05) is 19.0 Å². The van der Waals surface area contributed by atoms with Crippen LogP contribution in [0.3, 0.4) is 0 Å². The molecule has 25 heavy (non-hydrogen) atoms. The van der Waals surface area contributed by atoms with Gasteiger partial charge < -0.3 is 19.4 Å². The Labute approximate surface area is 151 Å². The van der Waals surface area contributed by atoms with E-state index >= 15 is 0 Å². The number of thioether (sulfide) groups is 1. The zero-order valence-electron chi connectivity index (χ0n) is 14.4. The number of rotatable bonds is 6. The maximum Gasteiger partial charge on any atom is 0.234 e. The van der Waals surface area contributed by atoms with Crippen molar-refractivity contribution in [1.29, 1.82) is 0 Å². The van der Waals surface area contributed by atoms with Crippen LogP contribution < -0.4 is 14.8 Å². The van der Waals surface area contributed by atoms with Gasteiger partial charge in [-0.05, 0) is 25.0 Å². The van der Waals surface area contributed by atoms with Gasteiger partial charge in [0.15, 0.2) is 5.16 Å². The number of benzene rings is 1. The number of ether oxygens (including phenoxy) is 2. The van der Waals surface area contributed by atoms with Crippen molar-refractivity contribution in [1.82, 2.24) is 14.8 Å². The van der Waals surface area contributed by atoms with E-state index in [1.807, 2.05) is 0 Å². The molecule has 1 aliphatic heterocycles. The summed E-state index contributed by atoms with van der Waals surface area (Å²) >= 11 is 1.41. The lowest BCUT2D eigenvalue weighted by Gasteiger charge is -2.11. The van der Waals surface area contributed by atoms with Gasteiger partial charge in [0.05, 0.1) is 25.7 Å². The van der Waals surface area contributed by atoms with Crippen molar-refractivity contribution in [2.45, 2.75) is 37.4 Å². The van der Waals surface area contributed by atoms with Crippen LogP contribution in [0.4, 0.5) is 5.69 Å². The van der Waals surface area contributed by atoms with Crippen molar-refractivity contribution in [3.05, 3.63) is 24.0 Å². The molecule has 1 aliphatic rings. The number of fused-ring (bicyclic) bond motifs is 1. The number of carbonyl (C=O) groups excluding carboxylic acids is 1. The van der Waals surface area contributed by atoms with Gasteiger partial charge in [-0.15, -0.1) is 10.2 Å². The summed E-state index contributed by atoms with van der Waals surface area (Å²) < 4.78 is 12.6. The minimum Gasteiger partial charge on any atom is -0.497 e. The maximum atomic E-state index is 12.3.